The summed E-state index contributed by atoms with van der Waals surface area (Å²) in [5.41, 5.74) is 1.87. The largest absolute Gasteiger partial charge is 0.472 e. The van der Waals surface area contributed by atoms with Crippen molar-refractivity contribution in [3.8, 4) is 5.88 Å². The molecule has 0 aliphatic carbocycles. The fourth-order valence-corrected chi connectivity index (χ4v) is 4.23. The number of ether oxygens (including phenoxy) is 1. The fourth-order valence-electron chi connectivity index (χ4n) is 2.67. The van der Waals surface area contributed by atoms with Crippen LogP contribution in [-0.4, -0.2) is 41.9 Å². The van der Waals surface area contributed by atoms with Crippen molar-refractivity contribution in [3.05, 3.63) is 54.0 Å². The van der Waals surface area contributed by atoms with Gasteiger partial charge in [-0.3, -0.25) is 4.98 Å². The predicted octanol–water partition coefficient (Wildman–Crippen LogP) is 1.77. The van der Waals surface area contributed by atoms with Crippen LogP contribution in [-0.2, 0) is 15.8 Å². The van der Waals surface area contributed by atoms with Crippen LogP contribution in [0.15, 0.2) is 42.9 Å². The molecule has 2 heterocycles. The van der Waals surface area contributed by atoms with Gasteiger partial charge in [-0.25, -0.2) is 13.4 Å². The number of benzene rings is 1. The number of hydrogen-bond donors (Lipinski definition) is 0. The molecule has 0 amide bonds. The third-order valence-corrected chi connectivity index (χ3v) is 5.58. The SMILES string of the molecule is Cc1cccc(CS(=O)(=O)N2CCC(Oc3cnccn3)C2)c1. The number of aromatic nitrogens is 2. The molecule has 0 N–H and O–H groups in total. The lowest BCUT2D eigenvalue weighted by Crippen LogP contribution is -2.32. The molecule has 7 heteroatoms. The van der Waals surface area contributed by atoms with Crippen LogP contribution in [0, 0.1) is 6.92 Å². The van der Waals surface area contributed by atoms with E-state index in [1.165, 1.54) is 10.5 Å². The fraction of sp³-hybridized carbons (Fsp3) is 0.375. The second-order valence-electron chi connectivity index (χ2n) is 5.68. The standard InChI is InChI=1S/C16H19N3O3S/c1-13-3-2-4-14(9-13)12-23(20,21)19-8-5-15(11-19)22-16-10-17-6-7-18-16/h2-4,6-7,9-10,15H,5,8,11-12H2,1H3. The van der Waals surface area contributed by atoms with Crippen LogP contribution in [0.25, 0.3) is 0 Å². The van der Waals surface area contributed by atoms with Crippen molar-refractivity contribution >= 4 is 10.0 Å². The van der Waals surface area contributed by atoms with E-state index >= 15 is 0 Å². The van der Waals surface area contributed by atoms with Crippen LogP contribution in [0.5, 0.6) is 5.88 Å². The van der Waals surface area contributed by atoms with Gasteiger partial charge in [-0.15, -0.1) is 0 Å². The Morgan fingerprint density at radius 2 is 2.22 bits per heavy atom. The summed E-state index contributed by atoms with van der Waals surface area (Å²) in [7, 11) is -3.34. The zero-order valence-corrected chi connectivity index (χ0v) is 13.7. The van der Waals surface area contributed by atoms with Crippen molar-refractivity contribution in [2.75, 3.05) is 13.1 Å². The first-order chi connectivity index (χ1) is 11.0. The molecular formula is C16H19N3O3S. The summed E-state index contributed by atoms with van der Waals surface area (Å²) in [4.78, 5) is 7.99. The maximum absolute atomic E-state index is 12.6. The highest BCUT2D eigenvalue weighted by Gasteiger charge is 2.32. The molecule has 1 saturated heterocycles. The molecule has 1 aromatic heterocycles. The highest BCUT2D eigenvalue weighted by Crippen LogP contribution is 2.21. The molecule has 1 fully saturated rings. The molecule has 122 valence electrons. The van der Waals surface area contributed by atoms with E-state index < -0.39 is 10.0 Å². The molecule has 0 radical (unpaired) electrons. The molecule has 6 nitrogen and oxygen atoms in total. The third kappa shape index (κ3) is 4.05. The molecule has 3 rings (SSSR count). The first-order valence-corrected chi connectivity index (χ1v) is 9.10. The number of hydrogen-bond acceptors (Lipinski definition) is 5. The minimum atomic E-state index is -3.34. The Balaban J connectivity index is 1.63. The third-order valence-electron chi connectivity index (χ3n) is 3.76. The molecule has 0 spiro atoms. The quantitative estimate of drug-likeness (QED) is 0.834. The van der Waals surface area contributed by atoms with Gasteiger partial charge in [-0.1, -0.05) is 29.8 Å². The molecule has 0 saturated carbocycles. The van der Waals surface area contributed by atoms with Crippen molar-refractivity contribution in [2.45, 2.75) is 25.2 Å². The van der Waals surface area contributed by atoms with Crippen LogP contribution < -0.4 is 4.74 Å². The highest BCUT2D eigenvalue weighted by atomic mass is 32.2. The summed E-state index contributed by atoms with van der Waals surface area (Å²) in [5, 5.41) is 0. The lowest BCUT2D eigenvalue weighted by atomic mass is 10.2. The molecule has 1 atom stereocenters. The molecular weight excluding hydrogens is 314 g/mol. The van der Waals surface area contributed by atoms with Crippen LogP contribution in [0.2, 0.25) is 0 Å². The van der Waals surface area contributed by atoms with E-state index in [-0.39, 0.29) is 11.9 Å². The summed E-state index contributed by atoms with van der Waals surface area (Å²) < 4.78 is 32.3. The normalized spacial score (nSPS) is 18.9. The summed E-state index contributed by atoms with van der Waals surface area (Å²) in [6, 6.07) is 7.58. The Morgan fingerprint density at radius 3 is 2.96 bits per heavy atom. The second kappa shape index (κ2) is 6.64. The maximum Gasteiger partial charge on any atom is 0.232 e. The van der Waals surface area contributed by atoms with E-state index in [0.717, 1.165) is 11.1 Å². The first kappa shape index (κ1) is 15.9. The van der Waals surface area contributed by atoms with Crippen molar-refractivity contribution in [2.24, 2.45) is 0 Å². The summed E-state index contributed by atoms with van der Waals surface area (Å²) in [6.07, 6.45) is 5.13. The van der Waals surface area contributed by atoms with Gasteiger partial charge in [0, 0.05) is 18.9 Å². The number of aryl methyl sites for hydroxylation is 1. The van der Waals surface area contributed by atoms with Gasteiger partial charge in [0.1, 0.15) is 6.10 Å². The monoisotopic (exact) mass is 333 g/mol. The Kier molecular flexibility index (Phi) is 4.58. The van der Waals surface area contributed by atoms with Crippen molar-refractivity contribution < 1.29 is 13.2 Å². The molecule has 1 unspecified atom stereocenters. The Bertz CT molecular complexity index is 765. The van der Waals surface area contributed by atoms with Gasteiger partial charge in [-0.05, 0) is 18.9 Å². The Morgan fingerprint density at radius 1 is 1.35 bits per heavy atom. The molecule has 1 aliphatic heterocycles. The number of rotatable bonds is 5. The summed E-state index contributed by atoms with van der Waals surface area (Å²) in [5.74, 6) is 0.447. The van der Waals surface area contributed by atoms with E-state index in [1.54, 1.807) is 12.4 Å². The predicted molar refractivity (Wildman–Crippen MR) is 86.4 cm³/mol. The lowest BCUT2D eigenvalue weighted by Gasteiger charge is -2.17. The smallest absolute Gasteiger partial charge is 0.232 e. The molecule has 0 bridgehead atoms. The number of sulfonamides is 1. The van der Waals surface area contributed by atoms with E-state index in [2.05, 4.69) is 9.97 Å². The van der Waals surface area contributed by atoms with Gasteiger partial charge in [0.2, 0.25) is 15.9 Å². The molecule has 2 aromatic rings. The van der Waals surface area contributed by atoms with Crippen molar-refractivity contribution in [1.29, 1.82) is 0 Å². The van der Waals surface area contributed by atoms with Crippen LogP contribution in [0.3, 0.4) is 0 Å². The van der Waals surface area contributed by atoms with Gasteiger partial charge in [-0.2, -0.15) is 4.31 Å². The van der Waals surface area contributed by atoms with Gasteiger partial charge in [0.25, 0.3) is 0 Å². The lowest BCUT2D eigenvalue weighted by molar-refractivity contribution is 0.206. The van der Waals surface area contributed by atoms with Crippen molar-refractivity contribution in [3.63, 3.8) is 0 Å². The van der Waals surface area contributed by atoms with Crippen LogP contribution in [0.1, 0.15) is 17.5 Å². The van der Waals surface area contributed by atoms with Gasteiger partial charge < -0.3 is 4.74 Å². The van der Waals surface area contributed by atoms with Crippen LogP contribution >= 0.6 is 0 Å². The van der Waals surface area contributed by atoms with Gasteiger partial charge >= 0.3 is 0 Å². The average Bonchev–Trinajstić information content (AvgIpc) is 2.97. The average molecular weight is 333 g/mol. The van der Waals surface area contributed by atoms with Gasteiger partial charge in [0.15, 0.2) is 0 Å². The van der Waals surface area contributed by atoms with Gasteiger partial charge in [0.05, 0.1) is 18.5 Å². The van der Waals surface area contributed by atoms with Crippen LogP contribution in [0.4, 0.5) is 0 Å². The minimum Gasteiger partial charge on any atom is -0.472 e. The van der Waals surface area contributed by atoms with E-state index in [4.69, 9.17) is 4.74 Å². The molecule has 23 heavy (non-hydrogen) atoms. The molecule has 1 aliphatic rings. The Hall–Kier alpha value is -1.99. The maximum atomic E-state index is 12.6. The van der Waals surface area contributed by atoms with E-state index in [0.29, 0.717) is 25.4 Å². The summed E-state index contributed by atoms with van der Waals surface area (Å²) in [6.45, 7) is 2.78. The zero-order valence-electron chi connectivity index (χ0n) is 12.9. The second-order valence-corrected chi connectivity index (χ2v) is 7.64. The summed E-state index contributed by atoms with van der Waals surface area (Å²) >= 11 is 0. The minimum absolute atomic E-state index is 0.0204. The first-order valence-electron chi connectivity index (χ1n) is 7.49. The molecule has 1 aromatic carbocycles. The Labute approximate surface area is 136 Å². The van der Waals surface area contributed by atoms with E-state index in [1.807, 2.05) is 31.2 Å². The topological polar surface area (TPSA) is 72.4 Å². The van der Waals surface area contributed by atoms with Crippen molar-refractivity contribution in [1.82, 2.24) is 14.3 Å². The highest BCUT2D eigenvalue weighted by molar-refractivity contribution is 7.88. The van der Waals surface area contributed by atoms with E-state index in [9.17, 15) is 8.42 Å². The number of nitrogens with zero attached hydrogens (tertiary/aromatic N) is 3. The zero-order chi connectivity index (χ0) is 16.3.